The summed E-state index contributed by atoms with van der Waals surface area (Å²) in [5.41, 5.74) is 2.12. The molecule has 4 aromatic rings. The van der Waals surface area contributed by atoms with Crippen molar-refractivity contribution in [2.45, 2.75) is 19.4 Å². The first-order valence-corrected chi connectivity index (χ1v) is 7.67. The summed E-state index contributed by atoms with van der Waals surface area (Å²) in [7, 11) is 0. The summed E-state index contributed by atoms with van der Waals surface area (Å²) in [6.45, 7) is 0.526. The highest BCUT2D eigenvalue weighted by atomic mass is 16.3. The number of furan rings is 1. The Kier molecular flexibility index (Phi) is 3.66. The molecule has 0 saturated carbocycles. The molecule has 0 bridgehead atoms. The number of hydrogen-bond acceptors (Lipinski definition) is 5. The maximum absolute atomic E-state index is 12.4. The number of nitrogens with zero attached hydrogens (tertiary/aromatic N) is 4. The van der Waals surface area contributed by atoms with Crippen LogP contribution in [0.2, 0.25) is 0 Å². The van der Waals surface area contributed by atoms with Gasteiger partial charge < -0.3 is 4.42 Å². The highest BCUT2D eigenvalue weighted by Crippen LogP contribution is 2.17. The minimum absolute atomic E-state index is 0.00645. The third-order valence-electron chi connectivity index (χ3n) is 3.83. The van der Waals surface area contributed by atoms with E-state index >= 15 is 0 Å². The predicted octanol–water partition coefficient (Wildman–Crippen LogP) is 2.61. The number of ketones is 1. The summed E-state index contributed by atoms with van der Waals surface area (Å²) in [6.07, 6.45) is 4.32. The van der Waals surface area contributed by atoms with Crippen molar-refractivity contribution >= 4 is 16.7 Å². The molecule has 7 nitrogen and oxygen atoms in total. The van der Waals surface area contributed by atoms with Crippen molar-refractivity contribution in [3.05, 3.63) is 66.0 Å². The molecule has 0 amide bonds. The number of aromatic amines is 1. The number of para-hydroxylation sites is 1. The van der Waals surface area contributed by atoms with Gasteiger partial charge in [-0.2, -0.15) is 5.10 Å². The molecule has 0 fully saturated rings. The molecule has 0 unspecified atom stereocenters. The van der Waals surface area contributed by atoms with Crippen LogP contribution in [0.1, 0.15) is 28.4 Å². The summed E-state index contributed by atoms with van der Waals surface area (Å²) in [6, 6.07) is 11.3. The standard InChI is InChI=1S/C17H15N5O2/c23-16(17-14-5-1-2-6-15(14)19-20-17)8-7-12-10-22(21-18-12)11-13-4-3-9-24-13/h1-6,9-10H,7-8,11H2,(H,19,20). The van der Waals surface area contributed by atoms with Crippen molar-refractivity contribution in [3.63, 3.8) is 0 Å². The molecule has 0 atom stereocenters. The molecule has 0 aliphatic heterocycles. The molecular formula is C17H15N5O2. The number of carbonyl (C=O) groups excluding carboxylic acids is 1. The molecule has 0 aliphatic carbocycles. The zero-order valence-electron chi connectivity index (χ0n) is 12.8. The number of aryl methyl sites for hydroxylation is 1. The smallest absolute Gasteiger partial charge is 0.184 e. The number of hydrogen-bond donors (Lipinski definition) is 1. The van der Waals surface area contributed by atoms with E-state index in [1.54, 1.807) is 10.9 Å². The largest absolute Gasteiger partial charge is 0.467 e. The molecule has 0 spiro atoms. The highest BCUT2D eigenvalue weighted by Gasteiger charge is 2.14. The number of fused-ring (bicyclic) bond motifs is 1. The Morgan fingerprint density at radius 1 is 1.21 bits per heavy atom. The van der Waals surface area contributed by atoms with E-state index in [2.05, 4.69) is 20.5 Å². The Bertz CT molecular complexity index is 968. The molecule has 4 rings (SSSR count). The summed E-state index contributed by atoms with van der Waals surface area (Å²) in [4.78, 5) is 12.4. The Labute approximate surface area is 137 Å². The van der Waals surface area contributed by atoms with Gasteiger partial charge in [0, 0.05) is 24.4 Å². The van der Waals surface area contributed by atoms with E-state index in [0.717, 1.165) is 22.4 Å². The first kappa shape index (κ1) is 14.4. The average molecular weight is 321 g/mol. The van der Waals surface area contributed by atoms with E-state index < -0.39 is 0 Å². The molecular weight excluding hydrogens is 306 g/mol. The molecule has 0 saturated heterocycles. The first-order valence-electron chi connectivity index (χ1n) is 7.67. The molecule has 0 aliphatic rings. The van der Waals surface area contributed by atoms with Crippen LogP contribution in [-0.2, 0) is 13.0 Å². The number of rotatable bonds is 6. The van der Waals surface area contributed by atoms with Gasteiger partial charge in [0.15, 0.2) is 5.78 Å². The van der Waals surface area contributed by atoms with Crippen molar-refractivity contribution in [1.29, 1.82) is 0 Å². The maximum atomic E-state index is 12.4. The van der Waals surface area contributed by atoms with Gasteiger partial charge in [-0.25, -0.2) is 4.68 Å². The third kappa shape index (κ3) is 2.83. The molecule has 120 valence electrons. The van der Waals surface area contributed by atoms with E-state index in [-0.39, 0.29) is 5.78 Å². The predicted molar refractivity (Wildman–Crippen MR) is 86.6 cm³/mol. The molecule has 1 N–H and O–H groups in total. The second-order valence-corrected chi connectivity index (χ2v) is 5.53. The van der Waals surface area contributed by atoms with Gasteiger partial charge in [-0.15, -0.1) is 5.10 Å². The lowest BCUT2D eigenvalue weighted by Gasteiger charge is -1.97. The quantitative estimate of drug-likeness (QED) is 0.551. The van der Waals surface area contributed by atoms with Gasteiger partial charge >= 0.3 is 0 Å². The van der Waals surface area contributed by atoms with Crippen molar-refractivity contribution in [3.8, 4) is 0 Å². The lowest BCUT2D eigenvalue weighted by molar-refractivity contribution is 0.0979. The van der Waals surface area contributed by atoms with Gasteiger partial charge in [0.25, 0.3) is 0 Å². The van der Waals surface area contributed by atoms with Gasteiger partial charge in [-0.3, -0.25) is 9.89 Å². The monoisotopic (exact) mass is 321 g/mol. The first-order chi connectivity index (χ1) is 11.8. The van der Waals surface area contributed by atoms with E-state index in [1.165, 1.54) is 0 Å². The van der Waals surface area contributed by atoms with E-state index in [1.807, 2.05) is 42.6 Å². The lowest BCUT2D eigenvalue weighted by Crippen LogP contribution is -2.02. The molecule has 1 aromatic carbocycles. The average Bonchev–Trinajstić information content (AvgIpc) is 3.34. The van der Waals surface area contributed by atoms with Crippen LogP contribution in [0.25, 0.3) is 10.9 Å². The second-order valence-electron chi connectivity index (χ2n) is 5.53. The molecule has 24 heavy (non-hydrogen) atoms. The Morgan fingerprint density at radius 2 is 2.12 bits per heavy atom. The van der Waals surface area contributed by atoms with Crippen LogP contribution in [0.4, 0.5) is 0 Å². The maximum Gasteiger partial charge on any atom is 0.184 e. The SMILES string of the molecule is O=C(CCc1cn(Cc2ccco2)nn1)c1n[nH]c2ccccc12. The Morgan fingerprint density at radius 3 is 3.00 bits per heavy atom. The summed E-state index contributed by atoms with van der Waals surface area (Å²) in [5.74, 6) is 0.804. The topological polar surface area (TPSA) is 89.6 Å². The van der Waals surface area contributed by atoms with Gasteiger partial charge in [-0.05, 0) is 18.2 Å². The minimum Gasteiger partial charge on any atom is -0.467 e. The van der Waals surface area contributed by atoms with Crippen molar-refractivity contribution in [2.24, 2.45) is 0 Å². The van der Waals surface area contributed by atoms with Crippen LogP contribution in [-0.4, -0.2) is 31.0 Å². The zero-order chi connectivity index (χ0) is 16.4. The van der Waals surface area contributed by atoms with E-state index in [9.17, 15) is 4.79 Å². The van der Waals surface area contributed by atoms with Crippen LogP contribution in [0.3, 0.4) is 0 Å². The van der Waals surface area contributed by atoms with E-state index in [4.69, 9.17) is 4.42 Å². The van der Waals surface area contributed by atoms with Crippen LogP contribution in [0.15, 0.2) is 53.3 Å². The van der Waals surface area contributed by atoms with Crippen LogP contribution in [0, 0.1) is 0 Å². The van der Waals surface area contributed by atoms with Gasteiger partial charge in [0.2, 0.25) is 0 Å². The van der Waals surface area contributed by atoms with Gasteiger partial charge in [-0.1, -0.05) is 23.4 Å². The molecule has 7 heteroatoms. The fraction of sp³-hybridized carbons (Fsp3) is 0.176. The summed E-state index contributed by atoms with van der Waals surface area (Å²) in [5, 5.41) is 16.0. The minimum atomic E-state index is -0.00645. The fourth-order valence-corrected chi connectivity index (χ4v) is 2.63. The molecule has 3 aromatic heterocycles. The number of Topliss-reactive ketones (excluding diaryl/α,β-unsaturated/α-hetero) is 1. The second kappa shape index (κ2) is 6.11. The van der Waals surface area contributed by atoms with Crippen molar-refractivity contribution in [2.75, 3.05) is 0 Å². The molecule has 3 heterocycles. The van der Waals surface area contributed by atoms with Gasteiger partial charge in [0.1, 0.15) is 18.0 Å². The highest BCUT2D eigenvalue weighted by molar-refractivity contribution is 6.05. The summed E-state index contributed by atoms with van der Waals surface area (Å²) < 4.78 is 6.98. The van der Waals surface area contributed by atoms with Gasteiger partial charge in [0.05, 0.1) is 17.5 Å². The van der Waals surface area contributed by atoms with Crippen molar-refractivity contribution < 1.29 is 9.21 Å². The van der Waals surface area contributed by atoms with Crippen LogP contribution >= 0.6 is 0 Å². The number of nitrogens with one attached hydrogen (secondary N) is 1. The number of H-pyrrole nitrogens is 1. The zero-order valence-corrected chi connectivity index (χ0v) is 12.8. The van der Waals surface area contributed by atoms with Crippen LogP contribution < -0.4 is 0 Å². The van der Waals surface area contributed by atoms with Crippen molar-refractivity contribution in [1.82, 2.24) is 25.2 Å². The molecule has 0 radical (unpaired) electrons. The number of carbonyl (C=O) groups is 1. The normalized spacial score (nSPS) is 11.2. The fourth-order valence-electron chi connectivity index (χ4n) is 2.63. The number of benzene rings is 1. The third-order valence-corrected chi connectivity index (χ3v) is 3.83. The van der Waals surface area contributed by atoms with Crippen LogP contribution in [0.5, 0.6) is 0 Å². The number of aromatic nitrogens is 5. The van der Waals surface area contributed by atoms with E-state index in [0.29, 0.717) is 25.1 Å². The Hall–Kier alpha value is -3.22. The Balaban J connectivity index is 1.41. The lowest BCUT2D eigenvalue weighted by atomic mass is 10.1. The summed E-state index contributed by atoms with van der Waals surface area (Å²) >= 11 is 0.